The number of aliphatic carboxylic acids is 1. The maximum Gasteiger partial charge on any atom is 0.323 e. The second kappa shape index (κ2) is 5.71. The van der Waals surface area contributed by atoms with Gasteiger partial charge in [-0.05, 0) is 31.0 Å². The molecule has 0 aliphatic heterocycles. The van der Waals surface area contributed by atoms with Crippen LogP contribution in [-0.4, -0.2) is 16.6 Å². The van der Waals surface area contributed by atoms with Crippen LogP contribution < -0.4 is 5.32 Å². The van der Waals surface area contributed by atoms with E-state index >= 15 is 0 Å². The number of rotatable bonds is 5. The van der Waals surface area contributed by atoms with E-state index in [0.717, 1.165) is 5.56 Å². The number of halogens is 2. The first-order chi connectivity index (χ1) is 7.89. The molecule has 0 aliphatic rings. The van der Waals surface area contributed by atoms with Crippen molar-refractivity contribution in [1.82, 2.24) is 5.32 Å². The van der Waals surface area contributed by atoms with Crippen molar-refractivity contribution in [1.29, 1.82) is 0 Å². The Balaban J connectivity index is 2.73. The summed E-state index contributed by atoms with van der Waals surface area (Å²) in [6.07, 6.45) is 0.504. The van der Waals surface area contributed by atoms with Gasteiger partial charge in [-0.25, -0.2) is 0 Å². The molecule has 1 aromatic rings. The molecule has 0 aliphatic carbocycles. The van der Waals surface area contributed by atoms with Crippen LogP contribution in [0.2, 0.25) is 10.0 Å². The van der Waals surface area contributed by atoms with Gasteiger partial charge in [-0.3, -0.25) is 10.1 Å². The fourth-order valence-corrected chi connectivity index (χ4v) is 1.62. The summed E-state index contributed by atoms with van der Waals surface area (Å²) in [6, 6.07) is 5.25. The molecule has 0 aromatic heterocycles. The lowest BCUT2D eigenvalue weighted by Crippen LogP contribution is -2.48. The lowest BCUT2D eigenvalue weighted by Gasteiger charge is -2.24. The zero-order valence-corrected chi connectivity index (χ0v) is 11.3. The average Bonchev–Trinajstić information content (AvgIpc) is 2.30. The summed E-state index contributed by atoms with van der Waals surface area (Å²) >= 11 is 11.7. The summed E-state index contributed by atoms with van der Waals surface area (Å²) < 4.78 is 0. The highest BCUT2D eigenvalue weighted by Gasteiger charge is 2.29. The monoisotopic (exact) mass is 275 g/mol. The predicted octanol–water partition coefficient (Wildman–Crippen LogP) is 3.34. The van der Waals surface area contributed by atoms with Crippen molar-refractivity contribution in [2.24, 2.45) is 0 Å². The Morgan fingerprint density at radius 3 is 2.53 bits per heavy atom. The normalized spacial score (nSPS) is 14.4. The number of nitrogens with one attached hydrogen (secondary N) is 1. The van der Waals surface area contributed by atoms with E-state index in [2.05, 4.69) is 5.32 Å². The molecule has 0 saturated heterocycles. The predicted molar refractivity (Wildman–Crippen MR) is 69.6 cm³/mol. The van der Waals surface area contributed by atoms with Crippen LogP contribution >= 0.6 is 23.2 Å². The number of hydrogen-bond acceptors (Lipinski definition) is 2. The Hall–Kier alpha value is -0.770. The fourth-order valence-electron chi connectivity index (χ4n) is 1.30. The van der Waals surface area contributed by atoms with Gasteiger partial charge >= 0.3 is 5.97 Å². The molecule has 94 valence electrons. The second-order valence-electron chi connectivity index (χ2n) is 4.09. The fraction of sp³-hybridized carbons (Fsp3) is 0.417. The molecule has 0 amide bonds. The smallest absolute Gasteiger partial charge is 0.323 e. The van der Waals surface area contributed by atoms with Crippen LogP contribution in [0, 0.1) is 0 Å². The van der Waals surface area contributed by atoms with Gasteiger partial charge in [0.25, 0.3) is 0 Å². The molecule has 17 heavy (non-hydrogen) atoms. The number of benzene rings is 1. The van der Waals surface area contributed by atoms with E-state index in [4.69, 9.17) is 28.3 Å². The van der Waals surface area contributed by atoms with Crippen LogP contribution in [0.5, 0.6) is 0 Å². The highest BCUT2D eigenvalue weighted by molar-refractivity contribution is 6.42. The lowest BCUT2D eigenvalue weighted by atomic mass is 9.99. The van der Waals surface area contributed by atoms with Gasteiger partial charge in [0.15, 0.2) is 0 Å². The molecule has 5 heteroatoms. The highest BCUT2D eigenvalue weighted by Crippen LogP contribution is 2.23. The third-order valence-electron chi connectivity index (χ3n) is 2.85. The molecule has 3 nitrogen and oxygen atoms in total. The average molecular weight is 276 g/mol. The van der Waals surface area contributed by atoms with E-state index in [1.807, 2.05) is 13.0 Å². The topological polar surface area (TPSA) is 49.3 Å². The van der Waals surface area contributed by atoms with Gasteiger partial charge in [0.1, 0.15) is 5.54 Å². The van der Waals surface area contributed by atoms with Crippen molar-refractivity contribution < 1.29 is 9.90 Å². The summed E-state index contributed by atoms with van der Waals surface area (Å²) in [6.45, 7) is 3.93. The van der Waals surface area contributed by atoms with Crippen molar-refractivity contribution in [2.75, 3.05) is 0 Å². The molecule has 0 saturated carbocycles. The minimum atomic E-state index is -0.924. The Kier molecular flexibility index (Phi) is 4.80. The van der Waals surface area contributed by atoms with E-state index in [1.54, 1.807) is 19.1 Å². The van der Waals surface area contributed by atoms with Gasteiger partial charge in [0, 0.05) is 6.54 Å². The standard InChI is InChI=1S/C12H15Cl2NO2/c1-3-12(2,11(16)17)15-7-8-4-5-9(13)10(14)6-8/h4-6,15H,3,7H2,1-2H3,(H,16,17). The lowest BCUT2D eigenvalue weighted by molar-refractivity contribution is -0.144. The number of carbonyl (C=O) groups is 1. The Morgan fingerprint density at radius 2 is 2.06 bits per heavy atom. The Morgan fingerprint density at radius 1 is 1.41 bits per heavy atom. The van der Waals surface area contributed by atoms with Gasteiger partial charge in [-0.15, -0.1) is 0 Å². The van der Waals surface area contributed by atoms with Crippen molar-refractivity contribution in [3.63, 3.8) is 0 Å². The van der Waals surface area contributed by atoms with E-state index in [-0.39, 0.29) is 0 Å². The van der Waals surface area contributed by atoms with Crippen molar-refractivity contribution in [3.8, 4) is 0 Å². The molecular formula is C12H15Cl2NO2. The molecule has 0 radical (unpaired) electrons. The molecular weight excluding hydrogens is 261 g/mol. The van der Waals surface area contributed by atoms with Crippen LogP contribution in [0.25, 0.3) is 0 Å². The van der Waals surface area contributed by atoms with Crippen molar-refractivity contribution >= 4 is 29.2 Å². The molecule has 1 unspecified atom stereocenters. The molecule has 1 aromatic carbocycles. The molecule has 0 heterocycles. The van der Waals surface area contributed by atoms with Gasteiger partial charge in [-0.2, -0.15) is 0 Å². The van der Waals surface area contributed by atoms with E-state index in [0.29, 0.717) is 23.0 Å². The third kappa shape index (κ3) is 3.60. The highest BCUT2D eigenvalue weighted by atomic mass is 35.5. The van der Waals surface area contributed by atoms with Gasteiger partial charge in [0.2, 0.25) is 0 Å². The molecule has 1 rings (SSSR count). The molecule has 1 atom stereocenters. The summed E-state index contributed by atoms with van der Waals surface area (Å²) in [7, 11) is 0. The van der Waals surface area contributed by atoms with Gasteiger partial charge in [-0.1, -0.05) is 36.2 Å². The summed E-state index contributed by atoms with van der Waals surface area (Å²) in [5, 5.41) is 13.1. The molecule has 0 fully saturated rings. The summed E-state index contributed by atoms with van der Waals surface area (Å²) in [5.74, 6) is -0.861. The minimum Gasteiger partial charge on any atom is -0.480 e. The molecule has 0 spiro atoms. The number of hydrogen-bond donors (Lipinski definition) is 2. The first kappa shape index (κ1) is 14.3. The first-order valence-electron chi connectivity index (χ1n) is 5.31. The minimum absolute atomic E-state index is 0.438. The van der Waals surface area contributed by atoms with Gasteiger partial charge < -0.3 is 5.11 Å². The van der Waals surface area contributed by atoms with E-state index in [1.165, 1.54) is 0 Å². The van der Waals surface area contributed by atoms with E-state index < -0.39 is 11.5 Å². The Bertz CT molecular complexity index is 423. The van der Waals surface area contributed by atoms with Crippen LogP contribution in [0.4, 0.5) is 0 Å². The number of carboxylic acids is 1. The van der Waals surface area contributed by atoms with Crippen LogP contribution in [0.15, 0.2) is 18.2 Å². The maximum atomic E-state index is 11.1. The van der Waals surface area contributed by atoms with Crippen LogP contribution in [0.1, 0.15) is 25.8 Å². The van der Waals surface area contributed by atoms with E-state index in [9.17, 15) is 4.79 Å². The largest absolute Gasteiger partial charge is 0.480 e. The summed E-state index contributed by atoms with van der Waals surface area (Å²) in [5.41, 5.74) is -0.0214. The van der Waals surface area contributed by atoms with Crippen LogP contribution in [-0.2, 0) is 11.3 Å². The first-order valence-corrected chi connectivity index (χ1v) is 6.07. The molecule has 2 N–H and O–H groups in total. The summed E-state index contributed by atoms with van der Waals surface area (Å²) in [4.78, 5) is 11.1. The van der Waals surface area contributed by atoms with Crippen molar-refractivity contribution in [3.05, 3.63) is 33.8 Å². The quantitative estimate of drug-likeness (QED) is 0.867. The SMILES string of the molecule is CCC(C)(NCc1ccc(Cl)c(Cl)c1)C(=O)O. The zero-order valence-electron chi connectivity index (χ0n) is 9.76. The number of carboxylic acid groups (broad SMARTS) is 1. The zero-order chi connectivity index (χ0) is 13.1. The van der Waals surface area contributed by atoms with Crippen LogP contribution in [0.3, 0.4) is 0 Å². The molecule has 0 bridgehead atoms. The Labute approximate surface area is 111 Å². The third-order valence-corrected chi connectivity index (χ3v) is 3.58. The second-order valence-corrected chi connectivity index (χ2v) is 4.91. The van der Waals surface area contributed by atoms with Gasteiger partial charge in [0.05, 0.1) is 10.0 Å². The maximum absolute atomic E-state index is 11.1. The van der Waals surface area contributed by atoms with Crippen molar-refractivity contribution in [2.45, 2.75) is 32.4 Å².